The van der Waals surface area contributed by atoms with Gasteiger partial charge in [-0.05, 0) is 6.07 Å². The topological polar surface area (TPSA) is 70.6 Å². The standard InChI is InChI=1S/C16H26N2O3/c1-4-16(20)18-9-13-7-5-6-8-15(13)21-11-14(19)10-17-12(2)3/h5-8,12,14,17,19H,4,9-11H2,1-3H3,(H,18,20). The minimum atomic E-state index is -0.564. The van der Waals surface area contributed by atoms with Gasteiger partial charge in [-0.3, -0.25) is 4.79 Å². The van der Waals surface area contributed by atoms with E-state index < -0.39 is 6.10 Å². The molecule has 3 N–H and O–H groups in total. The van der Waals surface area contributed by atoms with Crippen LogP contribution in [0.3, 0.4) is 0 Å². The fraction of sp³-hybridized carbons (Fsp3) is 0.562. The number of nitrogens with one attached hydrogen (secondary N) is 2. The van der Waals surface area contributed by atoms with Gasteiger partial charge in [0, 0.05) is 31.1 Å². The van der Waals surface area contributed by atoms with E-state index in [9.17, 15) is 9.90 Å². The Bertz CT molecular complexity index is 435. The Hall–Kier alpha value is -1.59. The lowest BCUT2D eigenvalue weighted by molar-refractivity contribution is -0.120. The van der Waals surface area contributed by atoms with E-state index in [1.54, 1.807) is 0 Å². The molecule has 0 saturated carbocycles. The second-order valence-electron chi connectivity index (χ2n) is 5.27. The van der Waals surface area contributed by atoms with Gasteiger partial charge in [-0.15, -0.1) is 0 Å². The Morgan fingerprint density at radius 3 is 2.71 bits per heavy atom. The molecule has 0 aliphatic heterocycles. The van der Waals surface area contributed by atoms with Crippen LogP contribution in [0.1, 0.15) is 32.8 Å². The van der Waals surface area contributed by atoms with E-state index in [1.165, 1.54) is 0 Å². The van der Waals surface area contributed by atoms with Crippen molar-refractivity contribution >= 4 is 5.91 Å². The zero-order valence-electron chi connectivity index (χ0n) is 13.1. The summed E-state index contributed by atoms with van der Waals surface area (Å²) in [7, 11) is 0. The second-order valence-corrected chi connectivity index (χ2v) is 5.27. The van der Waals surface area contributed by atoms with Gasteiger partial charge in [0.15, 0.2) is 0 Å². The molecule has 118 valence electrons. The van der Waals surface area contributed by atoms with Crippen LogP contribution in [0.5, 0.6) is 5.75 Å². The molecule has 5 heteroatoms. The van der Waals surface area contributed by atoms with Crippen molar-refractivity contribution in [2.75, 3.05) is 13.2 Å². The first kappa shape index (κ1) is 17.5. The van der Waals surface area contributed by atoms with E-state index in [0.29, 0.717) is 31.3 Å². The van der Waals surface area contributed by atoms with Crippen LogP contribution >= 0.6 is 0 Å². The summed E-state index contributed by atoms with van der Waals surface area (Å²) >= 11 is 0. The highest BCUT2D eigenvalue weighted by Gasteiger charge is 2.09. The monoisotopic (exact) mass is 294 g/mol. The number of para-hydroxylation sites is 1. The van der Waals surface area contributed by atoms with Gasteiger partial charge in [-0.1, -0.05) is 39.0 Å². The predicted molar refractivity (Wildman–Crippen MR) is 83.2 cm³/mol. The van der Waals surface area contributed by atoms with E-state index in [1.807, 2.05) is 45.0 Å². The lowest BCUT2D eigenvalue weighted by Crippen LogP contribution is -2.35. The molecule has 5 nitrogen and oxygen atoms in total. The zero-order valence-corrected chi connectivity index (χ0v) is 13.1. The summed E-state index contributed by atoms with van der Waals surface area (Å²) in [6, 6.07) is 7.85. The van der Waals surface area contributed by atoms with Gasteiger partial charge >= 0.3 is 0 Å². The number of hydrogen-bond donors (Lipinski definition) is 3. The third-order valence-electron chi connectivity index (χ3n) is 2.96. The number of rotatable bonds is 9. The first-order chi connectivity index (χ1) is 10.0. The zero-order chi connectivity index (χ0) is 15.7. The van der Waals surface area contributed by atoms with Crippen LogP contribution in [0.25, 0.3) is 0 Å². The van der Waals surface area contributed by atoms with Gasteiger partial charge in [0.25, 0.3) is 0 Å². The van der Waals surface area contributed by atoms with E-state index in [4.69, 9.17) is 4.74 Å². The van der Waals surface area contributed by atoms with Crippen LogP contribution in [-0.2, 0) is 11.3 Å². The van der Waals surface area contributed by atoms with Crippen molar-refractivity contribution in [3.8, 4) is 5.75 Å². The maximum Gasteiger partial charge on any atom is 0.219 e. The van der Waals surface area contributed by atoms with Gasteiger partial charge in [-0.25, -0.2) is 0 Å². The van der Waals surface area contributed by atoms with E-state index in [2.05, 4.69) is 10.6 Å². The van der Waals surface area contributed by atoms with Gasteiger partial charge in [0.05, 0.1) is 0 Å². The molecule has 0 fully saturated rings. The molecule has 0 aliphatic carbocycles. The largest absolute Gasteiger partial charge is 0.490 e. The molecule has 1 aromatic carbocycles. The minimum absolute atomic E-state index is 0.00553. The molecular formula is C16H26N2O3. The molecule has 1 amide bonds. The third-order valence-corrected chi connectivity index (χ3v) is 2.96. The van der Waals surface area contributed by atoms with E-state index in [0.717, 1.165) is 5.56 Å². The molecule has 21 heavy (non-hydrogen) atoms. The fourth-order valence-corrected chi connectivity index (χ4v) is 1.73. The molecule has 0 aliphatic rings. The van der Waals surface area contributed by atoms with Crippen molar-refractivity contribution in [3.63, 3.8) is 0 Å². The summed E-state index contributed by atoms with van der Waals surface area (Å²) in [5, 5.41) is 15.8. The van der Waals surface area contributed by atoms with Crippen molar-refractivity contribution < 1.29 is 14.6 Å². The number of aliphatic hydroxyl groups excluding tert-OH is 1. The molecule has 0 heterocycles. The predicted octanol–water partition coefficient (Wildman–Crippen LogP) is 1.45. The Kier molecular flexibility index (Phi) is 7.79. The number of hydrogen-bond acceptors (Lipinski definition) is 4. The Balaban J connectivity index is 2.48. The van der Waals surface area contributed by atoms with Crippen LogP contribution < -0.4 is 15.4 Å². The molecule has 0 bridgehead atoms. The van der Waals surface area contributed by atoms with Gasteiger partial charge in [-0.2, -0.15) is 0 Å². The quantitative estimate of drug-likeness (QED) is 0.645. The molecule has 0 radical (unpaired) electrons. The summed E-state index contributed by atoms with van der Waals surface area (Å²) in [6.45, 7) is 7.02. The Morgan fingerprint density at radius 2 is 2.05 bits per heavy atom. The van der Waals surface area contributed by atoms with Gasteiger partial charge in [0.2, 0.25) is 5.91 Å². The number of benzene rings is 1. The first-order valence-electron chi connectivity index (χ1n) is 7.41. The molecule has 1 rings (SSSR count). The number of amides is 1. The average molecular weight is 294 g/mol. The highest BCUT2D eigenvalue weighted by molar-refractivity contribution is 5.75. The van der Waals surface area contributed by atoms with Crippen LogP contribution in [0.4, 0.5) is 0 Å². The molecule has 0 spiro atoms. The summed E-state index contributed by atoms with van der Waals surface area (Å²) in [5.41, 5.74) is 0.906. The van der Waals surface area contributed by atoms with Crippen LogP contribution in [0.15, 0.2) is 24.3 Å². The first-order valence-corrected chi connectivity index (χ1v) is 7.41. The Morgan fingerprint density at radius 1 is 1.33 bits per heavy atom. The summed E-state index contributed by atoms with van der Waals surface area (Å²) < 4.78 is 5.66. The highest BCUT2D eigenvalue weighted by atomic mass is 16.5. The van der Waals surface area contributed by atoms with Crippen LogP contribution in [0.2, 0.25) is 0 Å². The molecule has 1 aromatic rings. The lowest BCUT2D eigenvalue weighted by atomic mass is 10.2. The molecule has 1 unspecified atom stereocenters. The lowest BCUT2D eigenvalue weighted by Gasteiger charge is -2.17. The number of aliphatic hydroxyl groups is 1. The van der Waals surface area contributed by atoms with Crippen molar-refractivity contribution in [3.05, 3.63) is 29.8 Å². The highest BCUT2D eigenvalue weighted by Crippen LogP contribution is 2.17. The molecule has 1 atom stereocenters. The number of ether oxygens (including phenoxy) is 1. The SMILES string of the molecule is CCC(=O)NCc1ccccc1OCC(O)CNC(C)C. The second kappa shape index (κ2) is 9.37. The maximum atomic E-state index is 11.3. The smallest absolute Gasteiger partial charge is 0.219 e. The fourth-order valence-electron chi connectivity index (χ4n) is 1.73. The van der Waals surface area contributed by atoms with E-state index in [-0.39, 0.29) is 12.5 Å². The van der Waals surface area contributed by atoms with Crippen molar-refractivity contribution in [1.82, 2.24) is 10.6 Å². The molecule has 0 aromatic heterocycles. The summed E-state index contributed by atoms with van der Waals surface area (Å²) in [5.74, 6) is 0.698. The minimum Gasteiger partial charge on any atom is -0.490 e. The number of carbonyl (C=O) groups is 1. The van der Waals surface area contributed by atoms with Crippen molar-refractivity contribution in [1.29, 1.82) is 0 Å². The number of carbonyl (C=O) groups excluding carboxylic acids is 1. The van der Waals surface area contributed by atoms with Crippen molar-refractivity contribution in [2.45, 2.75) is 45.9 Å². The third kappa shape index (κ3) is 7.11. The summed E-state index contributed by atoms with van der Waals surface area (Å²) in [6.07, 6.45) is -0.103. The van der Waals surface area contributed by atoms with Gasteiger partial charge in [0.1, 0.15) is 18.5 Å². The maximum absolute atomic E-state index is 11.3. The summed E-state index contributed by atoms with van der Waals surface area (Å²) in [4.78, 5) is 11.3. The van der Waals surface area contributed by atoms with Gasteiger partial charge < -0.3 is 20.5 Å². The van der Waals surface area contributed by atoms with Crippen LogP contribution in [-0.4, -0.2) is 36.3 Å². The average Bonchev–Trinajstić information content (AvgIpc) is 2.49. The normalized spacial score (nSPS) is 12.2. The van der Waals surface area contributed by atoms with E-state index >= 15 is 0 Å². The molecular weight excluding hydrogens is 268 g/mol. The Labute approximate surface area is 126 Å². The van der Waals surface area contributed by atoms with Crippen LogP contribution in [0, 0.1) is 0 Å². The molecule has 0 saturated heterocycles. The van der Waals surface area contributed by atoms with Crippen molar-refractivity contribution in [2.24, 2.45) is 0 Å².